The van der Waals surface area contributed by atoms with Gasteiger partial charge in [-0.25, -0.2) is 0 Å². The summed E-state index contributed by atoms with van der Waals surface area (Å²) >= 11 is 5.36. The summed E-state index contributed by atoms with van der Waals surface area (Å²) in [6.07, 6.45) is 4.10. The van der Waals surface area contributed by atoms with E-state index in [-0.39, 0.29) is 6.04 Å². The van der Waals surface area contributed by atoms with E-state index in [1.807, 2.05) is 30.3 Å². The molecule has 4 heteroatoms. The molecule has 3 rings (SSSR count). The Labute approximate surface area is 118 Å². The van der Waals surface area contributed by atoms with Crippen molar-refractivity contribution < 1.29 is 4.42 Å². The molecule has 2 aromatic rings. The molecule has 0 amide bonds. The zero-order valence-electron chi connectivity index (χ0n) is 10.5. The van der Waals surface area contributed by atoms with Crippen LogP contribution in [0.25, 0.3) is 0 Å². The van der Waals surface area contributed by atoms with Crippen molar-refractivity contribution >= 4 is 17.3 Å². The highest BCUT2D eigenvalue weighted by molar-refractivity contribution is 7.80. The topological polar surface area (TPSA) is 37.2 Å². The summed E-state index contributed by atoms with van der Waals surface area (Å²) in [6.45, 7) is 0. The average Bonchev–Trinajstić information content (AvgIpc) is 3.08. The molecule has 1 aromatic heterocycles. The van der Waals surface area contributed by atoms with Crippen LogP contribution in [0.15, 0.2) is 53.1 Å². The number of rotatable bonds is 4. The van der Waals surface area contributed by atoms with E-state index in [2.05, 4.69) is 22.8 Å². The van der Waals surface area contributed by atoms with Crippen LogP contribution in [-0.2, 0) is 0 Å². The Kier molecular flexibility index (Phi) is 3.51. The molecule has 1 aliphatic rings. The molecule has 2 N–H and O–H groups in total. The normalized spacial score (nSPS) is 15.8. The van der Waals surface area contributed by atoms with Crippen molar-refractivity contribution in [1.82, 2.24) is 10.6 Å². The molecule has 1 heterocycles. The molecule has 98 valence electrons. The minimum atomic E-state index is -0.0463. The second-order valence-electron chi connectivity index (χ2n) is 4.75. The molecule has 0 saturated heterocycles. The van der Waals surface area contributed by atoms with Gasteiger partial charge in [0.15, 0.2) is 5.11 Å². The summed E-state index contributed by atoms with van der Waals surface area (Å²) in [5.74, 6) is 0.867. The predicted molar refractivity (Wildman–Crippen MR) is 78.9 cm³/mol. The summed E-state index contributed by atoms with van der Waals surface area (Å²) in [5.41, 5.74) is 1.14. The fraction of sp³-hybridized carbons (Fsp3) is 0.267. The Balaban J connectivity index is 1.78. The zero-order valence-corrected chi connectivity index (χ0v) is 11.3. The van der Waals surface area contributed by atoms with E-state index in [4.69, 9.17) is 16.6 Å². The van der Waals surface area contributed by atoms with Crippen molar-refractivity contribution in [3.8, 4) is 0 Å². The molecule has 1 aromatic carbocycles. The molecule has 1 atom stereocenters. The van der Waals surface area contributed by atoms with Gasteiger partial charge >= 0.3 is 0 Å². The van der Waals surface area contributed by atoms with E-state index >= 15 is 0 Å². The van der Waals surface area contributed by atoms with E-state index in [9.17, 15) is 0 Å². The summed E-state index contributed by atoms with van der Waals surface area (Å²) in [6, 6.07) is 14.5. The van der Waals surface area contributed by atoms with Crippen molar-refractivity contribution in [2.45, 2.75) is 24.9 Å². The first kappa shape index (κ1) is 12.2. The van der Waals surface area contributed by atoms with E-state index < -0.39 is 0 Å². The molecular formula is C15H16N2OS. The summed E-state index contributed by atoms with van der Waals surface area (Å²) in [7, 11) is 0. The summed E-state index contributed by atoms with van der Waals surface area (Å²) in [4.78, 5) is 0. The van der Waals surface area contributed by atoms with Crippen LogP contribution >= 0.6 is 12.2 Å². The van der Waals surface area contributed by atoms with Gasteiger partial charge in [-0.2, -0.15) is 0 Å². The van der Waals surface area contributed by atoms with Crippen molar-refractivity contribution in [3.63, 3.8) is 0 Å². The maximum atomic E-state index is 5.52. The first-order chi connectivity index (χ1) is 9.33. The second-order valence-corrected chi connectivity index (χ2v) is 5.16. The number of hydrogen-bond acceptors (Lipinski definition) is 2. The SMILES string of the molecule is S=C(NC1CC1)N[C@H](c1ccccc1)c1ccco1. The van der Waals surface area contributed by atoms with E-state index in [1.54, 1.807) is 6.26 Å². The maximum absolute atomic E-state index is 5.52. The highest BCUT2D eigenvalue weighted by Crippen LogP contribution is 2.23. The van der Waals surface area contributed by atoms with E-state index in [0.29, 0.717) is 11.2 Å². The fourth-order valence-electron chi connectivity index (χ4n) is 2.01. The van der Waals surface area contributed by atoms with Crippen LogP contribution in [0, 0.1) is 0 Å². The maximum Gasteiger partial charge on any atom is 0.167 e. The third-order valence-corrected chi connectivity index (χ3v) is 3.38. The lowest BCUT2D eigenvalue weighted by Crippen LogP contribution is -2.39. The lowest BCUT2D eigenvalue weighted by molar-refractivity contribution is 0.474. The minimum Gasteiger partial charge on any atom is -0.467 e. The monoisotopic (exact) mass is 272 g/mol. The number of benzene rings is 1. The van der Waals surface area contributed by atoms with Crippen LogP contribution in [-0.4, -0.2) is 11.2 Å². The predicted octanol–water partition coefficient (Wildman–Crippen LogP) is 3.00. The van der Waals surface area contributed by atoms with Gasteiger partial charge in [-0.1, -0.05) is 30.3 Å². The molecule has 0 spiro atoms. The summed E-state index contributed by atoms with van der Waals surface area (Å²) < 4.78 is 5.52. The van der Waals surface area contributed by atoms with Crippen LogP contribution in [0.5, 0.6) is 0 Å². The van der Waals surface area contributed by atoms with Crippen LogP contribution in [0.1, 0.15) is 30.2 Å². The van der Waals surface area contributed by atoms with Gasteiger partial charge < -0.3 is 15.1 Å². The first-order valence-corrected chi connectivity index (χ1v) is 6.89. The molecule has 0 bridgehead atoms. The molecular weight excluding hydrogens is 256 g/mol. The van der Waals surface area contributed by atoms with Gasteiger partial charge in [-0.05, 0) is 42.8 Å². The third-order valence-electron chi connectivity index (χ3n) is 3.15. The van der Waals surface area contributed by atoms with Crippen LogP contribution in [0.3, 0.4) is 0 Å². The van der Waals surface area contributed by atoms with E-state index in [0.717, 1.165) is 11.3 Å². The lowest BCUT2D eigenvalue weighted by Gasteiger charge is -2.19. The quantitative estimate of drug-likeness (QED) is 0.839. The van der Waals surface area contributed by atoms with Crippen LogP contribution < -0.4 is 10.6 Å². The Hall–Kier alpha value is -1.81. The summed E-state index contributed by atoms with van der Waals surface area (Å²) in [5, 5.41) is 7.32. The number of thiocarbonyl (C=S) groups is 1. The first-order valence-electron chi connectivity index (χ1n) is 6.48. The average molecular weight is 272 g/mol. The Morgan fingerprint density at radius 2 is 1.95 bits per heavy atom. The number of hydrogen-bond donors (Lipinski definition) is 2. The molecule has 0 unspecified atom stereocenters. The number of furan rings is 1. The third kappa shape index (κ3) is 3.15. The van der Waals surface area contributed by atoms with Gasteiger partial charge in [-0.3, -0.25) is 0 Å². The molecule has 1 fully saturated rings. The van der Waals surface area contributed by atoms with Gasteiger partial charge in [0.2, 0.25) is 0 Å². The molecule has 0 radical (unpaired) electrons. The Bertz CT molecular complexity index is 535. The molecule has 3 nitrogen and oxygen atoms in total. The van der Waals surface area contributed by atoms with Crippen LogP contribution in [0.4, 0.5) is 0 Å². The van der Waals surface area contributed by atoms with Gasteiger partial charge in [0, 0.05) is 6.04 Å². The second kappa shape index (κ2) is 5.45. The van der Waals surface area contributed by atoms with Gasteiger partial charge in [0.1, 0.15) is 11.8 Å². The minimum absolute atomic E-state index is 0.0463. The van der Waals surface area contributed by atoms with Crippen molar-refractivity contribution in [2.24, 2.45) is 0 Å². The van der Waals surface area contributed by atoms with Gasteiger partial charge in [0.25, 0.3) is 0 Å². The van der Waals surface area contributed by atoms with Crippen molar-refractivity contribution in [3.05, 3.63) is 60.1 Å². The molecule has 1 saturated carbocycles. The standard InChI is InChI=1S/C15H16N2OS/c19-15(16-12-8-9-12)17-14(13-7-4-10-18-13)11-5-2-1-3-6-11/h1-7,10,12,14H,8-9H2,(H2,16,17,19)/t14-/m1/s1. The highest BCUT2D eigenvalue weighted by atomic mass is 32.1. The Morgan fingerprint density at radius 3 is 2.58 bits per heavy atom. The fourth-order valence-corrected chi connectivity index (χ4v) is 2.29. The molecule has 1 aliphatic carbocycles. The molecule has 0 aliphatic heterocycles. The molecule has 19 heavy (non-hydrogen) atoms. The van der Waals surface area contributed by atoms with Gasteiger partial charge in [0.05, 0.1) is 6.26 Å². The van der Waals surface area contributed by atoms with Crippen LogP contribution in [0.2, 0.25) is 0 Å². The van der Waals surface area contributed by atoms with E-state index in [1.165, 1.54) is 12.8 Å². The zero-order chi connectivity index (χ0) is 13.1. The highest BCUT2D eigenvalue weighted by Gasteiger charge is 2.24. The lowest BCUT2D eigenvalue weighted by atomic mass is 10.1. The van der Waals surface area contributed by atoms with Gasteiger partial charge in [-0.15, -0.1) is 0 Å². The Morgan fingerprint density at radius 1 is 1.16 bits per heavy atom. The largest absolute Gasteiger partial charge is 0.467 e. The number of nitrogens with one attached hydrogen (secondary N) is 2. The van der Waals surface area contributed by atoms with Crippen molar-refractivity contribution in [1.29, 1.82) is 0 Å². The smallest absolute Gasteiger partial charge is 0.167 e. The van der Waals surface area contributed by atoms with Crippen molar-refractivity contribution in [2.75, 3.05) is 0 Å².